The molecule has 0 radical (unpaired) electrons. The highest BCUT2D eigenvalue weighted by Crippen LogP contribution is 2.31. The molecule has 2 aromatic rings. The molecule has 0 saturated heterocycles. The van der Waals surface area contributed by atoms with Crippen molar-refractivity contribution in [2.75, 3.05) is 26.2 Å². The van der Waals surface area contributed by atoms with Gasteiger partial charge in [0.25, 0.3) is 5.91 Å². The summed E-state index contributed by atoms with van der Waals surface area (Å²) in [5.74, 6) is 0.217. The van der Waals surface area contributed by atoms with Gasteiger partial charge in [0.15, 0.2) is 11.5 Å². The SMILES string of the molecule is COc1ccc(N(C)C(=O)C2=NN(Cc3ccc(F)cc3)C(=O)CC2)cc1OC. The Labute approximate surface area is 168 Å². The van der Waals surface area contributed by atoms with Gasteiger partial charge in [-0.15, -0.1) is 0 Å². The van der Waals surface area contributed by atoms with Gasteiger partial charge in [-0.3, -0.25) is 9.59 Å². The second kappa shape index (κ2) is 8.72. The number of hydrogen-bond donors (Lipinski definition) is 0. The van der Waals surface area contributed by atoms with Crippen LogP contribution in [0.4, 0.5) is 10.1 Å². The van der Waals surface area contributed by atoms with Crippen LogP contribution in [0.5, 0.6) is 11.5 Å². The minimum absolute atomic E-state index is 0.177. The van der Waals surface area contributed by atoms with E-state index in [4.69, 9.17) is 9.47 Å². The van der Waals surface area contributed by atoms with Gasteiger partial charge < -0.3 is 14.4 Å². The summed E-state index contributed by atoms with van der Waals surface area (Å²) in [6.45, 7) is 0.177. The van der Waals surface area contributed by atoms with Gasteiger partial charge in [-0.25, -0.2) is 9.40 Å². The summed E-state index contributed by atoms with van der Waals surface area (Å²) in [5, 5.41) is 5.52. The number of benzene rings is 2. The van der Waals surface area contributed by atoms with E-state index in [2.05, 4.69) is 5.10 Å². The first-order valence-corrected chi connectivity index (χ1v) is 9.05. The molecule has 0 bridgehead atoms. The minimum Gasteiger partial charge on any atom is -0.493 e. The first-order chi connectivity index (χ1) is 13.9. The largest absolute Gasteiger partial charge is 0.493 e. The normalized spacial score (nSPS) is 13.7. The lowest BCUT2D eigenvalue weighted by Crippen LogP contribution is -2.39. The van der Waals surface area contributed by atoms with Gasteiger partial charge in [0, 0.05) is 31.6 Å². The molecule has 0 aromatic heterocycles. The predicted molar refractivity (Wildman–Crippen MR) is 107 cm³/mol. The molecule has 0 spiro atoms. The van der Waals surface area contributed by atoms with E-state index < -0.39 is 0 Å². The van der Waals surface area contributed by atoms with Crippen LogP contribution in [0.15, 0.2) is 47.6 Å². The Morgan fingerprint density at radius 1 is 1.10 bits per heavy atom. The Kier molecular flexibility index (Phi) is 6.11. The van der Waals surface area contributed by atoms with Crippen LogP contribution in [0, 0.1) is 5.82 Å². The number of hydrogen-bond acceptors (Lipinski definition) is 5. The molecule has 2 aromatic carbocycles. The van der Waals surface area contributed by atoms with Gasteiger partial charge >= 0.3 is 0 Å². The zero-order valence-corrected chi connectivity index (χ0v) is 16.5. The third-order valence-corrected chi connectivity index (χ3v) is 4.66. The molecule has 0 unspecified atom stereocenters. The number of amides is 2. The molecule has 0 N–H and O–H groups in total. The molecule has 0 aliphatic carbocycles. The van der Waals surface area contributed by atoms with E-state index in [9.17, 15) is 14.0 Å². The number of nitrogens with zero attached hydrogens (tertiary/aromatic N) is 3. The van der Waals surface area contributed by atoms with Crippen molar-refractivity contribution in [2.45, 2.75) is 19.4 Å². The van der Waals surface area contributed by atoms with Gasteiger partial charge in [-0.2, -0.15) is 5.10 Å². The van der Waals surface area contributed by atoms with Crippen LogP contribution in [0.25, 0.3) is 0 Å². The number of halogens is 1. The number of anilines is 1. The molecule has 0 fully saturated rings. The summed E-state index contributed by atoms with van der Waals surface area (Å²) in [4.78, 5) is 26.6. The molecule has 3 rings (SSSR count). The third kappa shape index (κ3) is 4.53. The fourth-order valence-electron chi connectivity index (χ4n) is 2.99. The van der Waals surface area contributed by atoms with Crippen molar-refractivity contribution in [1.82, 2.24) is 5.01 Å². The molecule has 1 aliphatic rings. The Bertz CT molecular complexity index is 943. The van der Waals surface area contributed by atoms with Gasteiger partial charge in [0.05, 0.1) is 20.8 Å². The topological polar surface area (TPSA) is 71.4 Å². The molecule has 7 nitrogen and oxygen atoms in total. The lowest BCUT2D eigenvalue weighted by atomic mass is 10.1. The molecule has 29 heavy (non-hydrogen) atoms. The van der Waals surface area contributed by atoms with Crippen LogP contribution in [0.1, 0.15) is 18.4 Å². The van der Waals surface area contributed by atoms with Crippen LogP contribution in [-0.2, 0) is 16.1 Å². The molecule has 152 valence electrons. The van der Waals surface area contributed by atoms with Crippen LogP contribution in [0.3, 0.4) is 0 Å². The molecular formula is C21H22FN3O4. The smallest absolute Gasteiger partial charge is 0.274 e. The highest BCUT2D eigenvalue weighted by atomic mass is 19.1. The number of carbonyl (C=O) groups is 2. The maximum atomic E-state index is 13.1. The average Bonchev–Trinajstić information content (AvgIpc) is 2.75. The lowest BCUT2D eigenvalue weighted by Gasteiger charge is -2.26. The molecule has 1 aliphatic heterocycles. The van der Waals surface area contributed by atoms with E-state index in [1.165, 1.54) is 36.3 Å². The van der Waals surface area contributed by atoms with Crippen LogP contribution >= 0.6 is 0 Å². The van der Waals surface area contributed by atoms with E-state index in [0.717, 1.165) is 5.56 Å². The van der Waals surface area contributed by atoms with Crippen molar-refractivity contribution in [3.63, 3.8) is 0 Å². The van der Waals surface area contributed by atoms with E-state index in [1.54, 1.807) is 37.4 Å². The van der Waals surface area contributed by atoms with Gasteiger partial charge in [0.1, 0.15) is 11.5 Å². The van der Waals surface area contributed by atoms with Crippen LogP contribution in [-0.4, -0.2) is 43.8 Å². The average molecular weight is 399 g/mol. The first kappa shape index (κ1) is 20.3. The van der Waals surface area contributed by atoms with Gasteiger partial charge in [-0.05, 0) is 29.8 Å². The molecule has 0 saturated carbocycles. The van der Waals surface area contributed by atoms with Crippen LogP contribution < -0.4 is 14.4 Å². The summed E-state index contributed by atoms with van der Waals surface area (Å²) in [5.41, 5.74) is 1.62. The number of methoxy groups -OCH3 is 2. The first-order valence-electron chi connectivity index (χ1n) is 9.05. The second-order valence-corrected chi connectivity index (χ2v) is 6.53. The van der Waals surface area contributed by atoms with E-state index in [1.807, 2.05) is 0 Å². The van der Waals surface area contributed by atoms with Crippen molar-refractivity contribution in [1.29, 1.82) is 0 Å². The Morgan fingerprint density at radius 3 is 2.45 bits per heavy atom. The molecule has 1 heterocycles. The standard InChI is InChI=1S/C21H22FN3O4/c1-24(16-8-10-18(28-2)19(12-16)29-3)21(27)17-9-11-20(26)25(23-17)13-14-4-6-15(22)7-5-14/h4-8,10,12H,9,11,13H2,1-3H3. The van der Waals surface area contributed by atoms with E-state index in [0.29, 0.717) is 17.2 Å². The van der Waals surface area contributed by atoms with E-state index >= 15 is 0 Å². The maximum Gasteiger partial charge on any atom is 0.274 e. The summed E-state index contributed by atoms with van der Waals surface area (Å²) in [6, 6.07) is 11.0. The predicted octanol–water partition coefficient (Wildman–Crippen LogP) is 2.98. The zero-order chi connectivity index (χ0) is 21.0. The fourth-order valence-corrected chi connectivity index (χ4v) is 2.99. The summed E-state index contributed by atoms with van der Waals surface area (Å²) < 4.78 is 23.6. The highest BCUT2D eigenvalue weighted by Gasteiger charge is 2.27. The number of carbonyl (C=O) groups excluding carboxylic acids is 2. The number of ether oxygens (including phenoxy) is 2. The molecule has 2 amide bonds. The highest BCUT2D eigenvalue weighted by molar-refractivity contribution is 6.44. The minimum atomic E-state index is -0.352. The van der Waals surface area contributed by atoms with Crippen molar-refractivity contribution in [3.05, 3.63) is 53.8 Å². The van der Waals surface area contributed by atoms with Gasteiger partial charge in [-0.1, -0.05) is 12.1 Å². The Hall–Kier alpha value is -3.42. The van der Waals surface area contributed by atoms with Crippen molar-refractivity contribution < 1.29 is 23.5 Å². The van der Waals surface area contributed by atoms with Crippen LogP contribution in [0.2, 0.25) is 0 Å². The lowest BCUT2D eigenvalue weighted by molar-refractivity contribution is -0.132. The van der Waals surface area contributed by atoms with Gasteiger partial charge in [0.2, 0.25) is 5.91 Å². The van der Waals surface area contributed by atoms with Crippen molar-refractivity contribution >= 4 is 23.2 Å². The molecular weight excluding hydrogens is 377 g/mol. The summed E-state index contributed by atoms with van der Waals surface area (Å²) in [6.07, 6.45) is 0.445. The maximum absolute atomic E-state index is 13.1. The monoisotopic (exact) mass is 399 g/mol. The molecule has 0 atom stereocenters. The number of rotatable bonds is 6. The third-order valence-electron chi connectivity index (χ3n) is 4.66. The van der Waals surface area contributed by atoms with Crippen molar-refractivity contribution in [3.8, 4) is 11.5 Å². The zero-order valence-electron chi connectivity index (χ0n) is 16.5. The van der Waals surface area contributed by atoms with Crippen molar-refractivity contribution in [2.24, 2.45) is 5.10 Å². The summed E-state index contributed by atoms with van der Waals surface area (Å²) in [7, 11) is 4.69. The number of hydrazone groups is 1. The fraction of sp³-hybridized carbons (Fsp3) is 0.286. The second-order valence-electron chi connectivity index (χ2n) is 6.53. The quantitative estimate of drug-likeness (QED) is 0.749. The molecule has 8 heteroatoms. The Morgan fingerprint density at radius 2 is 1.79 bits per heavy atom. The Balaban J connectivity index is 1.80. The summed E-state index contributed by atoms with van der Waals surface area (Å²) >= 11 is 0. The van der Waals surface area contributed by atoms with E-state index in [-0.39, 0.29) is 42.7 Å².